The third-order valence-corrected chi connectivity index (χ3v) is 3.02. The maximum atomic E-state index is 11.9. The highest BCUT2D eigenvalue weighted by atomic mass is 16.5. The molecule has 0 atom stereocenters. The highest BCUT2D eigenvalue weighted by molar-refractivity contribution is 5.83. The lowest BCUT2D eigenvalue weighted by atomic mass is 10.3. The second-order valence-electron chi connectivity index (χ2n) is 4.53. The van der Waals surface area contributed by atoms with Gasteiger partial charge in [0.15, 0.2) is 5.78 Å². The minimum absolute atomic E-state index is 0.0819. The van der Waals surface area contributed by atoms with Gasteiger partial charge >= 0.3 is 0 Å². The van der Waals surface area contributed by atoms with Gasteiger partial charge in [-0.25, -0.2) is 4.98 Å². The van der Waals surface area contributed by atoms with Gasteiger partial charge in [-0.1, -0.05) is 19.1 Å². The number of carbonyl (C=O) groups is 1. The topological polar surface area (TPSA) is 44.1 Å². The van der Waals surface area contributed by atoms with Crippen molar-refractivity contribution < 1.29 is 9.53 Å². The number of imidazole rings is 1. The van der Waals surface area contributed by atoms with Gasteiger partial charge in [0, 0.05) is 13.2 Å². The summed E-state index contributed by atoms with van der Waals surface area (Å²) < 4.78 is 7.37. The molecule has 0 aliphatic rings. The van der Waals surface area contributed by atoms with E-state index in [1.54, 1.807) is 0 Å². The number of ether oxygens (including phenoxy) is 1. The number of hydrogen-bond donors (Lipinski definition) is 0. The zero-order valence-corrected chi connectivity index (χ0v) is 11.6. The van der Waals surface area contributed by atoms with Crippen molar-refractivity contribution in [3.05, 3.63) is 30.1 Å². The minimum atomic E-state index is 0.0819. The molecule has 1 aromatic carbocycles. The van der Waals surface area contributed by atoms with Crippen LogP contribution >= 0.6 is 0 Å². The number of benzene rings is 1. The normalized spacial score (nSPS) is 11.1. The first-order valence-corrected chi connectivity index (χ1v) is 6.79. The largest absolute Gasteiger partial charge is 0.374 e. The number of ketones is 1. The van der Waals surface area contributed by atoms with Gasteiger partial charge < -0.3 is 9.30 Å². The summed E-state index contributed by atoms with van der Waals surface area (Å²) in [5.41, 5.74) is 2.03. The Bertz CT molecular complexity index is 560. The first-order valence-electron chi connectivity index (χ1n) is 6.79. The molecule has 1 aromatic heterocycles. The van der Waals surface area contributed by atoms with Gasteiger partial charge in [-0.3, -0.25) is 4.79 Å². The smallest absolute Gasteiger partial charge is 0.165 e. The van der Waals surface area contributed by atoms with Crippen molar-refractivity contribution in [2.45, 2.75) is 33.2 Å². The molecule has 0 saturated heterocycles. The van der Waals surface area contributed by atoms with Crippen LogP contribution in [0.3, 0.4) is 0 Å². The van der Waals surface area contributed by atoms with Gasteiger partial charge in [-0.05, 0) is 25.5 Å². The van der Waals surface area contributed by atoms with Crippen molar-refractivity contribution in [1.29, 1.82) is 0 Å². The van der Waals surface area contributed by atoms with E-state index in [0.717, 1.165) is 29.8 Å². The molecule has 0 amide bonds. The fourth-order valence-corrected chi connectivity index (χ4v) is 2.17. The van der Waals surface area contributed by atoms with Crippen molar-refractivity contribution in [1.82, 2.24) is 9.55 Å². The summed E-state index contributed by atoms with van der Waals surface area (Å²) in [6.07, 6.45) is 1.27. The molecule has 2 rings (SSSR count). The lowest BCUT2D eigenvalue weighted by Crippen LogP contribution is -2.15. The third kappa shape index (κ3) is 3.20. The molecule has 0 fully saturated rings. The van der Waals surface area contributed by atoms with Crippen LogP contribution in [0, 0.1) is 0 Å². The minimum Gasteiger partial charge on any atom is -0.374 e. The molecule has 4 heteroatoms. The predicted octanol–water partition coefficient (Wildman–Crippen LogP) is 2.59. The first kappa shape index (κ1) is 13.7. The molecule has 1 heterocycles. The zero-order valence-electron chi connectivity index (χ0n) is 11.6. The standard InChI is InChI=1S/C15H20N2O2/c1-3-9-19-11-12(18)10-15-16-13-7-5-6-8-14(13)17(15)4-2/h5-8H,3-4,9-11H2,1-2H3. The third-order valence-electron chi connectivity index (χ3n) is 3.02. The van der Waals surface area contributed by atoms with E-state index in [0.29, 0.717) is 13.0 Å². The Labute approximate surface area is 113 Å². The number of fused-ring (bicyclic) bond motifs is 1. The Morgan fingerprint density at radius 3 is 2.84 bits per heavy atom. The van der Waals surface area contributed by atoms with Gasteiger partial charge in [0.1, 0.15) is 12.4 Å². The predicted molar refractivity (Wildman–Crippen MR) is 75.2 cm³/mol. The van der Waals surface area contributed by atoms with Crippen molar-refractivity contribution in [3.8, 4) is 0 Å². The number of carbonyl (C=O) groups excluding carboxylic acids is 1. The van der Waals surface area contributed by atoms with Crippen molar-refractivity contribution in [2.75, 3.05) is 13.2 Å². The van der Waals surface area contributed by atoms with Crippen LogP contribution in [-0.4, -0.2) is 28.5 Å². The van der Waals surface area contributed by atoms with E-state index in [1.165, 1.54) is 0 Å². The van der Waals surface area contributed by atoms with Crippen molar-refractivity contribution >= 4 is 16.8 Å². The Balaban J connectivity index is 2.13. The van der Waals surface area contributed by atoms with Crippen LogP contribution in [0.15, 0.2) is 24.3 Å². The fourth-order valence-electron chi connectivity index (χ4n) is 2.17. The van der Waals surface area contributed by atoms with E-state index in [4.69, 9.17) is 4.74 Å². The van der Waals surface area contributed by atoms with E-state index >= 15 is 0 Å². The number of Topliss-reactive ketones (excluding diaryl/α,β-unsaturated/α-hetero) is 1. The van der Waals surface area contributed by atoms with E-state index < -0.39 is 0 Å². The molecule has 0 saturated carbocycles. The average molecular weight is 260 g/mol. The van der Waals surface area contributed by atoms with E-state index in [1.807, 2.05) is 31.2 Å². The SMILES string of the molecule is CCCOCC(=O)Cc1nc2ccccc2n1CC. The Morgan fingerprint density at radius 2 is 2.11 bits per heavy atom. The summed E-state index contributed by atoms with van der Waals surface area (Å²) in [5, 5.41) is 0. The monoisotopic (exact) mass is 260 g/mol. The highest BCUT2D eigenvalue weighted by Crippen LogP contribution is 2.16. The molecular formula is C15H20N2O2. The summed E-state index contributed by atoms with van der Waals surface area (Å²) in [7, 11) is 0. The number of para-hydroxylation sites is 2. The molecule has 0 spiro atoms. The molecule has 4 nitrogen and oxygen atoms in total. The second kappa shape index (κ2) is 6.48. The molecule has 19 heavy (non-hydrogen) atoms. The number of aromatic nitrogens is 2. The average Bonchev–Trinajstić information content (AvgIpc) is 2.76. The molecule has 0 unspecified atom stereocenters. The summed E-state index contributed by atoms with van der Waals surface area (Å²) >= 11 is 0. The van der Waals surface area contributed by atoms with Gasteiger partial charge in [0.05, 0.1) is 17.5 Å². The van der Waals surface area contributed by atoms with Crippen LogP contribution in [0.2, 0.25) is 0 Å². The molecule has 0 bridgehead atoms. The van der Waals surface area contributed by atoms with Crippen molar-refractivity contribution in [2.24, 2.45) is 0 Å². The Morgan fingerprint density at radius 1 is 1.32 bits per heavy atom. The van der Waals surface area contributed by atoms with Crippen LogP contribution in [0.5, 0.6) is 0 Å². The molecule has 0 aliphatic heterocycles. The molecule has 102 valence electrons. The quantitative estimate of drug-likeness (QED) is 0.719. The summed E-state index contributed by atoms with van der Waals surface area (Å²) in [4.78, 5) is 16.4. The van der Waals surface area contributed by atoms with Crippen LogP contribution in [0.1, 0.15) is 26.1 Å². The molecule has 0 N–H and O–H groups in total. The lowest BCUT2D eigenvalue weighted by Gasteiger charge is -2.05. The first-order chi connectivity index (χ1) is 9.26. The van der Waals surface area contributed by atoms with Crippen LogP contribution in [0.4, 0.5) is 0 Å². The molecular weight excluding hydrogens is 240 g/mol. The zero-order chi connectivity index (χ0) is 13.7. The summed E-state index contributed by atoms with van der Waals surface area (Å²) in [5.74, 6) is 0.909. The summed E-state index contributed by atoms with van der Waals surface area (Å²) in [6, 6.07) is 7.97. The van der Waals surface area contributed by atoms with E-state index in [2.05, 4.69) is 16.5 Å². The maximum Gasteiger partial charge on any atom is 0.165 e. The number of rotatable bonds is 7. The lowest BCUT2D eigenvalue weighted by molar-refractivity contribution is -0.123. The Hall–Kier alpha value is -1.68. The van der Waals surface area contributed by atoms with Crippen LogP contribution in [0.25, 0.3) is 11.0 Å². The second-order valence-corrected chi connectivity index (χ2v) is 4.53. The molecule has 0 aliphatic carbocycles. The number of aryl methyl sites for hydroxylation is 1. The van der Waals surface area contributed by atoms with Gasteiger partial charge in [-0.2, -0.15) is 0 Å². The molecule has 2 aromatic rings. The number of hydrogen-bond acceptors (Lipinski definition) is 3. The van der Waals surface area contributed by atoms with Gasteiger partial charge in [0.2, 0.25) is 0 Å². The molecule has 0 radical (unpaired) electrons. The van der Waals surface area contributed by atoms with E-state index in [9.17, 15) is 4.79 Å². The fraction of sp³-hybridized carbons (Fsp3) is 0.467. The van der Waals surface area contributed by atoms with Gasteiger partial charge in [0.25, 0.3) is 0 Å². The maximum absolute atomic E-state index is 11.9. The van der Waals surface area contributed by atoms with E-state index in [-0.39, 0.29) is 12.4 Å². The van der Waals surface area contributed by atoms with Crippen LogP contribution in [-0.2, 0) is 22.5 Å². The van der Waals surface area contributed by atoms with Gasteiger partial charge in [-0.15, -0.1) is 0 Å². The summed E-state index contributed by atoms with van der Waals surface area (Å²) in [6.45, 7) is 5.73. The van der Waals surface area contributed by atoms with Crippen LogP contribution < -0.4 is 0 Å². The number of nitrogens with zero attached hydrogens (tertiary/aromatic N) is 2. The van der Waals surface area contributed by atoms with Crippen molar-refractivity contribution in [3.63, 3.8) is 0 Å². The Kier molecular flexibility index (Phi) is 4.68. The highest BCUT2D eigenvalue weighted by Gasteiger charge is 2.12.